The van der Waals surface area contributed by atoms with Gasteiger partial charge in [-0.3, -0.25) is 9.59 Å². The lowest BCUT2D eigenvalue weighted by Crippen LogP contribution is -2.34. The molecule has 3 aromatic rings. The molecular weight excluding hydrogens is 416 g/mol. The van der Waals surface area contributed by atoms with Gasteiger partial charge in [0.1, 0.15) is 17.2 Å². The van der Waals surface area contributed by atoms with Gasteiger partial charge in [-0.25, -0.2) is 4.90 Å². The van der Waals surface area contributed by atoms with Gasteiger partial charge in [-0.05, 0) is 30.5 Å². The van der Waals surface area contributed by atoms with E-state index in [1.807, 2.05) is 54.3 Å². The monoisotopic (exact) mass is 440 g/mol. The first-order chi connectivity index (χ1) is 16.0. The average Bonchev–Trinajstić information content (AvgIpc) is 3.37. The summed E-state index contributed by atoms with van der Waals surface area (Å²) in [5.74, 6) is 0.282. The highest BCUT2D eigenvalue weighted by Crippen LogP contribution is 2.41. The minimum atomic E-state index is -0.362. The van der Waals surface area contributed by atoms with Crippen molar-refractivity contribution in [1.82, 2.24) is 0 Å². The van der Waals surface area contributed by atoms with E-state index < -0.39 is 0 Å². The number of nitrogens with zero attached hydrogens (tertiary/aromatic N) is 2. The molecule has 166 valence electrons. The van der Waals surface area contributed by atoms with Crippen LogP contribution in [0.3, 0.4) is 0 Å². The molecule has 2 amide bonds. The fourth-order valence-corrected chi connectivity index (χ4v) is 4.48. The molecule has 33 heavy (non-hydrogen) atoms. The Kier molecular flexibility index (Phi) is 5.13. The summed E-state index contributed by atoms with van der Waals surface area (Å²) < 4.78 is 10.7. The Balaban J connectivity index is 1.68. The van der Waals surface area contributed by atoms with Gasteiger partial charge in [0.25, 0.3) is 11.8 Å². The van der Waals surface area contributed by atoms with E-state index >= 15 is 0 Å². The second kappa shape index (κ2) is 8.13. The Morgan fingerprint density at radius 2 is 1.48 bits per heavy atom. The van der Waals surface area contributed by atoms with E-state index in [0.717, 1.165) is 28.8 Å². The summed E-state index contributed by atoms with van der Waals surface area (Å²) in [6, 6.07) is 20.8. The molecule has 2 aliphatic heterocycles. The van der Waals surface area contributed by atoms with E-state index in [1.165, 1.54) is 19.1 Å². The van der Waals surface area contributed by atoms with Crippen molar-refractivity contribution in [2.45, 2.75) is 13.3 Å². The minimum Gasteiger partial charge on any atom is -0.497 e. The van der Waals surface area contributed by atoms with Crippen LogP contribution >= 0.6 is 0 Å². The number of amides is 2. The molecule has 0 saturated carbocycles. The van der Waals surface area contributed by atoms with E-state index in [-0.39, 0.29) is 11.8 Å². The Hall–Kier alpha value is -4.06. The third-order valence-electron chi connectivity index (χ3n) is 6.15. The van der Waals surface area contributed by atoms with Crippen LogP contribution in [0, 0.1) is 6.92 Å². The van der Waals surface area contributed by atoms with Crippen LogP contribution in [0.1, 0.15) is 16.7 Å². The lowest BCUT2D eigenvalue weighted by atomic mass is 10.0. The van der Waals surface area contributed by atoms with E-state index in [2.05, 4.69) is 6.07 Å². The SMILES string of the molecule is COc1cc(OC)cc(N2C(=O)C(c3ccc(C)cc3)=C(N3CCc4ccccc43)C2=O)c1. The Morgan fingerprint density at radius 1 is 0.818 bits per heavy atom. The molecule has 2 aliphatic rings. The van der Waals surface area contributed by atoms with Gasteiger partial charge < -0.3 is 14.4 Å². The summed E-state index contributed by atoms with van der Waals surface area (Å²) in [5, 5.41) is 0. The van der Waals surface area contributed by atoms with Gasteiger partial charge in [-0.1, -0.05) is 48.0 Å². The van der Waals surface area contributed by atoms with Crippen molar-refractivity contribution in [2.24, 2.45) is 0 Å². The number of hydrogen-bond acceptors (Lipinski definition) is 5. The van der Waals surface area contributed by atoms with Gasteiger partial charge in [-0.2, -0.15) is 0 Å². The van der Waals surface area contributed by atoms with Crippen LogP contribution in [0.15, 0.2) is 72.4 Å². The Morgan fingerprint density at radius 3 is 2.15 bits per heavy atom. The predicted octanol–water partition coefficient (Wildman–Crippen LogP) is 4.36. The molecule has 0 N–H and O–H groups in total. The molecule has 6 heteroatoms. The third kappa shape index (κ3) is 3.44. The number of carbonyl (C=O) groups excluding carboxylic acids is 2. The van der Waals surface area contributed by atoms with Crippen molar-refractivity contribution in [1.29, 1.82) is 0 Å². The molecule has 0 unspecified atom stereocenters. The Labute approximate surface area is 192 Å². The second-order valence-electron chi connectivity index (χ2n) is 8.14. The van der Waals surface area contributed by atoms with E-state index in [9.17, 15) is 9.59 Å². The summed E-state index contributed by atoms with van der Waals surface area (Å²) in [4.78, 5) is 30.9. The number of anilines is 2. The lowest BCUT2D eigenvalue weighted by molar-refractivity contribution is -0.120. The average molecular weight is 440 g/mol. The maximum atomic E-state index is 13.9. The van der Waals surface area contributed by atoms with E-state index in [4.69, 9.17) is 9.47 Å². The summed E-state index contributed by atoms with van der Waals surface area (Å²) in [7, 11) is 3.07. The van der Waals surface area contributed by atoms with E-state index in [0.29, 0.717) is 35.0 Å². The largest absolute Gasteiger partial charge is 0.497 e. The van der Waals surface area contributed by atoms with Gasteiger partial charge in [0.05, 0.1) is 25.5 Å². The number of fused-ring (bicyclic) bond motifs is 1. The number of para-hydroxylation sites is 1. The number of hydrogen-bond donors (Lipinski definition) is 0. The van der Waals surface area contributed by atoms with Gasteiger partial charge in [0, 0.05) is 30.4 Å². The standard InChI is InChI=1S/C27H24N2O4/c1-17-8-10-19(11-9-17)24-25(28-13-12-18-6-4-5-7-23(18)28)27(31)29(26(24)30)20-14-21(32-2)16-22(15-20)33-3/h4-11,14-16H,12-13H2,1-3H3. The summed E-state index contributed by atoms with van der Waals surface area (Å²) in [6.07, 6.45) is 0.815. The fraction of sp³-hybridized carbons (Fsp3) is 0.185. The number of methoxy groups -OCH3 is 2. The van der Waals surface area contributed by atoms with Crippen LogP contribution in [-0.2, 0) is 16.0 Å². The van der Waals surface area contributed by atoms with Crippen LogP contribution < -0.4 is 19.3 Å². The molecule has 0 aromatic heterocycles. The fourth-order valence-electron chi connectivity index (χ4n) is 4.48. The molecule has 0 fully saturated rings. The summed E-state index contributed by atoms with van der Waals surface area (Å²) in [6.45, 7) is 2.63. The zero-order valence-corrected chi connectivity index (χ0v) is 18.8. The number of imide groups is 1. The summed E-state index contributed by atoms with van der Waals surface area (Å²) in [5.41, 5.74) is 5.13. The first kappa shape index (κ1) is 20.8. The van der Waals surface area contributed by atoms with E-state index in [1.54, 1.807) is 18.2 Å². The normalized spacial score (nSPS) is 15.4. The molecule has 0 radical (unpaired) electrons. The van der Waals surface area contributed by atoms with Crippen molar-refractivity contribution in [2.75, 3.05) is 30.6 Å². The van der Waals surface area contributed by atoms with Crippen molar-refractivity contribution in [3.8, 4) is 11.5 Å². The van der Waals surface area contributed by atoms with Gasteiger partial charge in [0.15, 0.2) is 0 Å². The third-order valence-corrected chi connectivity index (χ3v) is 6.15. The molecule has 2 heterocycles. The zero-order valence-electron chi connectivity index (χ0n) is 18.8. The van der Waals surface area contributed by atoms with Crippen molar-refractivity contribution in [3.63, 3.8) is 0 Å². The number of carbonyl (C=O) groups is 2. The predicted molar refractivity (Wildman–Crippen MR) is 128 cm³/mol. The minimum absolute atomic E-state index is 0.359. The second-order valence-corrected chi connectivity index (χ2v) is 8.14. The quantitative estimate of drug-likeness (QED) is 0.552. The van der Waals surface area contributed by atoms with Gasteiger partial charge >= 0.3 is 0 Å². The van der Waals surface area contributed by atoms with Crippen LogP contribution in [-0.4, -0.2) is 32.6 Å². The molecule has 0 spiro atoms. The molecule has 0 bridgehead atoms. The zero-order chi connectivity index (χ0) is 23.1. The van der Waals surface area contributed by atoms with Crippen LogP contribution in [0.2, 0.25) is 0 Å². The smallest absolute Gasteiger partial charge is 0.282 e. The van der Waals surface area contributed by atoms with Crippen LogP contribution in [0.25, 0.3) is 5.57 Å². The first-order valence-electron chi connectivity index (χ1n) is 10.8. The van der Waals surface area contributed by atoms with Crippen molar-refractivity contribution in [3.05, 3.63) is 89.1 Å². The number of ether oxygens (including phenoxy) is 2. The maximum absolute atomic E-state index is 13.9. The molecule has 0 aliphatic carbocycles. The molecule has 0 saturated heterocycles. The molecule has 3 aromatic carbocycles. The summed E-state index contributed by atoms with van der Waals surface area (Å²) >= 11 is 0. The molecule has 0 atom stereocenters. The highest BCUT2D eigenvalue weighted by atomic mass is 16.5. The topological polar surface area (TPSA) is 59.1 Å². The van der Waals surface area contributed by atoms with Gasteiger partial charge in [-0.15, -0.1) is 0 Å². The highest BCUT2D eigenvalue weighted by Gasteiger charge is 2.44. The highest BCUT2D eigenvalue weighted by molar-refractivity contribution is 6.46. The Bertz CT molecular complexity index is 1270. The number of rotatable bonds is 5. The van der Waals surface area contributed by atoms with Gasteiger partial charge in [0.2, 0.25) is 0 Å². The maximum Gasteiger partial charge on any atom is 0.282 e. The van der Waals surface area contributed by atoms with Crippen LogP contribution in [0.5, 0.6) is 11.5 Å². The molecule has 5 rings (SSSR count). The lowest BCUT2D eigenvalue weighted by Gasteiger charge is -2.22. The van der Waals surface area contributed by atoms with Crippen LogP contribution in [0.4, 0.5) is 11.4 Å². The number of aryl methyl sites for hydroxylation is 1. The van der Waals surface area contributed by atoms with Crippen molar-refractivity contribution >= 4 is 28.8 Å². The molecule has 6 nitrogen and oxygen atoms in total. The molecular formula is C27H24N2O4. The van der Waals surface area contributed by atoms with Crippen molar-refractivity contribution < 1.29 is 19.1 Å². The first-order valence-corrected chi connectivity index (χ1v) is 10.8. The number of benzene rings is 3.